The highest BCUT2D eigenvalue weighted by Crippen LogP contribution is 2.30. The zero-order valence-electron chi connectivity index (χ0n) is 11.4. The van der Waals surface area contributed by atoms with Crippen LogP contribution in [0.25, 0.3) is 10.9 Å². The van der Waals surface area contributed by atoms with Gasteiger partial charge in [0.15, 0.2) is 0 Å². The van der Waals surface area contributed by atoms with Crippen molar-refractivity contribution in [1.82, 2.24) is 4.57 Å². The molecule has 1 N–H and O–H groups in total. The third-order valence-electron chi connectivity index (χ3n) is 3.59. The molecule has 1 aromatic heterocycles. The number of hydrogen-bond acceptors (Lipinski definition) is 1. The van der Waals surface area contributed by atoms with E-state index in [1.807, 2.05) is 6.92 Å². The lowest BCUT2D eigenvalue weighted by molar-refractivity contribution is 0.0698. The second kappa shape index (κ2) is 4.48. The van der Waals surface area contributed by atoms with Crippen LogP contribution in [0, 0.1) is 13.8 Å². The van der Waals surface area contributed by atoms with Crippen molar-refractivity contribution in [1.29, 1.82) is 0 Å². The van der Waals surface area contributed by atoms with Gasteiger partial charge in [-0.15, -0.1) is 0 Å². The Labute approximate surface area is 107 Å². The minimum Gasteiger partial charge on any atom is -0.478 e. The van der Waals surface area contributed by atoms with Crippen LogP contribution < -0.4 is 0 Å². The first-order chi connectivity index (χ1) is 8.51. The van der Waals surface area contributed by atoms with Gasteiger partial charge in [0, 0.05) is 17.6 Å². The summed E-state index contributed by atoms with van der Waals surface area (Å²) in [4.78, 5) is 11.4. The van der Waals surface area contributed by atoms with Crippen LogP contribution in [0.1, 0.15) is 41.0 Å². The highest BCUT2D eigenvalue weighted by atomic mass is 16.4. The largest absolute Gasteiger partial charge is 0.478 e. The lowest BCUT2D eigenvalue weighted by Gasteiger charge is -2.07. The highest BCUT2D eigenvalue weighted by Gasteiger charge is 2.18. The highest BCUT2D eigenvalue weighted by molar-refractivity contribution is 6.04. The minimum atomic E-state index is -0.849. The number of aromatic carboxylic acids is 1. The molecular weight excluding hydrogens is 226 g/mol. The van der Waals surface area contributed by atoms with Crippen molar-refractivity contribution in [2.45, 2.75) is 40.7 Å². The average Bonchev–Trinajstić information content (AvgIpc) is 2.58. The molecule has 0 bridgehead atoms. The zero-order chi connectivity index (χ0) is 13.4. The molecule has 0 saturated carbocycles. The van der Waals surface area contributed by atoms with E-state index in [0.29, 0.717) is 5.56 Å². The molecule has 0 aliphatic carbocycles. The minimum absolute atomic E-state index is 0.412. The summed E-state index contributed by atoms with van der Waals surface area (Å²) in [5.74, 6) is -0.849. The van der Waals surface area contributed by atoms with Crippen LogP contribution in [0.3, 0.4) is 0 Å². The quantitative estimate of drug-likeness (QED) is 0.898. The molecule has 2 aromatic rings. The van der Waals surface area contributed by atoms with Crippen LogP contribution in [-0.2, 0) is 13.0 Å². The lowest BCUT2D eigenvalue weighted by atomic mass is 10.0. The maximum Gasteiger partial charge on any atom is 0.337 e. The van der Waals surface area contributed by atoms with Crippen molar-refractivity contribution >= 4 is 16.9 Å². The van der Waals surface area contributed by atoms with Gasteiger partial charge in [0.05, 0.1) is 11.1 Å². The number of carboxylic acids is 1. The van der Waals surface area contributed by atoms with Gasteiger partial charge in [0.1, 0.15) is 0 Å². The lowest BCUT2D eigenvalue weighted by Crippen LogP contribution is -2.04. The number of hydrogen-bond donors (Lipinski definition) is 1. The predicted octanol–water partition coefficient (Wildman–Crippen LogP) is 3.54. The molecule has 0 atom stereocenters. The molecule has 0 aliphatic heterocycles. The number of nitrogens with zero attached hydrogens (tertiary/aromatic N) is 1. The Balaban J connectivity index is 2.99. The molecule has 0 spiro atoms. The van der Waals surface area contributed by atoms with E-state index in [1.165, 1.54) is 11.3 Å². The van der Waals surface area contributed by atoms with E-state index in [9.17, 15) is 9.90 Å². The molecular formula is C15H19NO2. The van der Waals surface area contributed by atoms with E-state index in [-0.39, 0.29) is 0 Å². The third-order valence-corrected chi connectivity index (χ3v) is 3.59. The average molecular weight is 245 g/mol. The SMILES string of the molecule is CCc1c(C)n(CC)c2c(C(=O)O)cc(C)cc12. The van der Waals surface area contributed by atoms with E-state index in [2.05, 4.69) is 31.4 Å². The van der Waals surface area contributed by atoms with E-state index in [1.54, 1.807) is 6.07 Å². The van der Waals surface area contributed by atoms with Crippen LogP contribution in [0.4, 0.5) is 0 Å². The van der Waals surface area contributed by atoms with Gasteiger partial charge in [-0.25, -0.2) is 4.79 Å². The predicted molar refractivity (Wildman–Crippen MR) is 73.4 cm³/mol. The Morgan fingerprint density at radius 1 is 1.28 bits per heavy atom. The van der Waals surface area contributed by atoms with Gasteiger partial charge in [-0.2, -0.15) is 0 Å². The monoisotopic (exact) mass is 245 g/mol. The summed E-state index contributed by atoms with van der Waals surface area (Å²) >= 11 is 0. The number of carbonyl (C=O) groups is 1. The second-order valence-corrected chi connectivity index (χ2v) is 4.68. The van der Waals surface area contributed by atoms with Crippen LogP contribution in [0.5, 0.6) is 0 Å². The Bertz CT molecular complexity index is 623. The van der Waals surface area contributed by atoms with Crippen molar-refractivity contribution in [3.05, 3.63) is 34.5 Å². The van der Waals surface area contributed by atoms with E-state index in [4.69, 9.17) is 0 Å². The standard InChI is InChI=1S/C15H19NO2/c1-5-11-10(4)16(6-2)14-12(11)7-9(3)8-13(14)15(17)18/h7-8H,5-6H2,1-4H3,(H,17,18). The summed E-state index contributed by atoms with van der Waals surface area (Å²) < 4.78 is 2.11. The van der Waals surface area contributed by atoms with E-state index in [0.717, 1.165) is 29.4 Å². The summed E-state index contributed by atoms with van der Waals surface area (Å²) in [5, 5.41) is 10.5. The Kier molecular flexibility index (Phi) is 3.16. The fourth-order valence-electron chi connectivity index (χ4n) is 2.83. The summed E-state index contributed by atoms with van der Waals surface area (Å²) in [5.41, 5.74) is 4.73. The Morgan fingerprint density at radius 3 is 2.44 bits per heavy atom. The number of rotatable bonds is 3. The van der Waals surface area contributed by atoms with Gasteiger partial charge in [-0.3, -0.25) is 0 Å². The van der Waals surface area contributed by atoms with Gasteiger partial charge in [0.2, 0.25) is 0 Å². The fourth-order valence-corrected chi connectivity index (χ4v) is 2.83. The first-order valence-electron chi connectivity index (χ1n) is 6.36. The van der Waals surface area contributed by atoms with Crippen molar-refractivity contribution < 1.29 is 9.90 Å². The number of carboxylic acid groups (broad SMARTS) is 1. The van der Waals surface area contributed by atoms with Gasteiger partial charge in [-0.05, 0) is 50.5 Å². The summed E-state index contributed by atoms with van der Waals surface area (Å²) in [6, 6.07) is 3.86. The molecule has 96 valence electrons. The van der Waals surface area contributed by atoms with Crippen molar-refractivity contribution in [2.75, 3.05) is 0 Å². The topological polar surface area (TPSA) is 42.2 Å². The molecule has 3 nitrogen and oxygen atoms in total. The number of aromatic nitrogens is 1. The summed E-state index contributed by atoms with van der Waals surface area (Å²) in [6.07, 6.45) is 0.928. The van der Waals surface area contributed by atoms with Crippen LogP contribution >= 0.6 is 0 Å². The maximum absolute atomic E-state index is 11.4. The third kappa shape index (κ3) is 1.70. The summed E-state index contributed by atoms with van der Waals surface area (Å²) in [6.45, 7) is 8.99. The van der Waals surface area contributed by atoms with E-state index >= 15 is 0 Å². The molecule has 18 heavy (non-hydrogen) atoms. The molecule has 3 heteroatoms. The van der Waals surface area contributed by atoms with Gasteiger partial charge < -0.3 is 9.67 Å². The number of benzene rings is 1. The second-order valence-electron chi connectivity index (χ2n) is 4.68. The molecule has 1 heterocycles. The van der Waals surface area contributed by atoms with Crippen LogP contribution in [-0.4, -0.2) is 15.6 Å². The van der Waals surface area contributed by atoms with Crippen molar-refractivity contribution in [3.63, 3.8) is 0 Å². The van der Waals surface area contributed by atoms with Crippen molar-refractivity contribution in [3.8, 4) is 0 Å². The van der Waals surface area contributed by atoms with Crippen LogP contribution in [0.2, 0.25) is 0 Å². The number of fused-ring (bicyclic) bond motifs is 1. The van der Waals surface area contributed by atoms with Gasteiger partial charge in [0.25, 0.3) is 0 Å². The molecule has 0 saturated heterocycles. The van der Waals surface area contributed by atoms with Crippen LogP contribution in [0.15, 0.2) is 12.1 Å². The smallest absolute Gasteiger partial charge is 0.337 e. The molecule has 0 unspecified atom stereocenters. The van der Waals surface area contributed by atoms with Crippen molar-refractivity contribution in [2.24, 2.45) is 0 Å². The number of aryl methyl sites for hydroxylation is 3. The zero-order valence-corrected chi connectivity index (χ0v) is 11.4. The first-order valence-corrected chi connectivity index (χ1v) is 6.36. The molecule has 2 rings (SSSR count). The first kappa shape index (κ1) is 12.7. The molecule has 0 aliphatic rings. The molecule has 0 amide bonds. The van der Waals surface area contributed by atoms with E-state index < -0.39 is 5.97 Å². The van der Waals surface area contributed by atoms with Gasteiger partial charge >= 0.3 is 5.97 Å². The fraction of sp³-hybridized carbons (Fsp3) is 0.400. The Hall–Kier alpha value is -1.77. The normalized spacial score (nSPS) is 11.1. The Morgan fingerprint density at radius 2 is 1.94 bits per heavy atom. The summed E-state index contributed by atoms with van der Waals surface area (Å²) in [7, 11) is 0. The molecule has 1 aromatic carbocycles. The van der Waals surface area contributed by atoms with Gasteiger partial charge in [-0.1, -0.05) is 6.92 Å². The molecule has 0 fully saturated rings. The molecule has 0 radical (unpaired) electrons. The maximum atomic E-state index is 11.4.